The number of rotatable bonds is 4. The Hall–Kier alpha value is -0.710. The monoisotopic (exact) mass is 304 g/mol. The Kier molecular flexibility index (Phi) is 4.20. The Morgan fingerprint density at radius 3 is 2.72 bits per heavy atom. The first-order valence-corrected chi connectivity index (χ1v) is 7.19. The Bertz CT molecular complexity index is 569. The second kappa shape index (κ2) is 5.51. The van der Waals surface area contributed by atoms with Gasteiger partial charge < -0.3 is 10.1 Å². The van der Waals surface area contributed by atoms with E-state index in [2.05, 4.69) is 24.1 Å². The highest BCUT2D eigenvalue weighted by Gasteiger charge is 2.16. The number of thiazole rings is 1. The van der Waals surface area contributed by atoms with Gasteiger partial charge in [-0.2, -0.15) is 0 Å². The van der Waals surface area contributed by atoms with E-state index in [-0.39, 0.29) is 0 Å². The van der Waals surface area contributed by atoms with Gasteiger partial charge in [0.05, 0.1) is 21.4 Å². The van der Waals surface area contributed by atoms with Crippen LogP contribution < -0.4 is 10.1 Å². The summed E-state index contributed by atoms with van der Waals surface area (Å²) < 4.78 is 6.64. The third-order valence-corrected chi connectivity index (χ3v) is 4.10. The number of aromatic nitrogens is 1. The largest absolute Gasteiger partial charge is 0.489 e. The summed E-state index contributed by atoms with van der Waals surface area (Å²) in [5.41, 5.74) is 0.725. The number of nitrogens with one attached hydrogen (secondary N) is 1. The van der Waals surface area contributed by atoms with E-state index in [1.165, 1.54) is 11.3 Å². The SMILES string of the molecule is CNc1nc2c(OCC(C)C)c(Cl)cc(Cl)c2s1. The molecule has 0 aliphatic rings. The molecule has 18 heavy (non-hydrogen) atoms. The fourth-order valence-electron chi connectivity index (χ4n) is 1.49. The maximum Gasteiger partial charge on any atom is 0.183 e. The zero-order valence-electron chi connectivity index (χ0n) is 10.4. The molecule has 2 rings (SSSR count). The van der Waals surface area contributed by atoms with Crippen LogP contribution in [0, 0.1) is 5.92 Å². The Morgan fingerprint density at radius 2 is 2.11 bits per heavy atom. The lowest BCUT2D eigenvalue weighted by atomic mass is 10.2. The fraction of sp³-hybridized carbons (Fsp3) is 0.417. The molecule has 0 unspecified atom stereocenters. The first kappa shape index (κ1) is 13.7. The summed E-state index contributed by atoms with van der Waals surface area (Å²) in [7, 11) is 1.82. The number of halogens is 2. The minimum Gasteiger partial charge on any atom is -0.489 e. The normalized spacial score (nSPS) is 11.2. The molecule has 0 bridgehead atoms. The average Bonchev–Trinajstić information content (AvgIpc) is 2.72. The number of benzene rings is 1. The molecule has 0 aliphatic heterocycles. The summed E-state index contributed by atoms with van der Waals surface area (Å²) in [5, 5.41) is 4.90. The molecule has 2 aromatic rings. The molecular weight excluding hydrogens is 291 g/mol. The van der Waals surface area contributed by atoms with Crippen LogP contribution in [0.1, 0.15) is 13.8 Å². The molecule has 0 saturated heterocycles. The molecule has 6 heteroatoms. The van der Waals surface area contributed by atoms with Gasteiger partial charge in [0.25, 0.3) is 0 Å². The molecular formula is C12H14Cl2N2OS. The van der Waals surface area contributed by atoms with Gasteiger partial charge in [-0.3, -0.25) is 0 Å². The van der Waals surface area contributed by atoms with Crippen LogP contribution in [0.3, 0.4) is 0 Å². The van der Waals surface area contributed by atoms with Gasteiger partial charge in [-0.15, -0.1) is 0 Å². The van der Waals surface area contributed by atoms with Gasteiger partial charge in [0.1, 0.15) is 5.52 Å². The summed E-state index contributed by atoms with van der Waals surface area (Å²) in [6, 6.07) is 1.71. The van der Waals surface area contributed by atoms with E-state index in [0.29, 0.717) is 28.3 Å². The molecule has 0 aliphatic carbocycles. The van der Waals surface area contributed by atoms with Gasteiger partial charge in [-0.05, 0) is 12.0 Å². The van der Waals surface area contributed by atoms with Gasteiger partial charge in [0.15, 0.2) is 10.9 Å². The number of anilines is 1. The average molecular weight is 305 g/mol. The van der Waals surface area contributed by atoms with Crippen LogP contribution in [-0.4, -0.2) is 18.6 Å². The van der Waals surface area contributed by atoms with Crippen molar-refractivity contribution < 1.29 is 4.74 Å². The maximum absolute atomic E-state index is 6.18. The van der Waals surface area contributed by atoms with Gasteiger partial charge in [0.2, 0.25) is 0 Å². The molecule has 0 atom stereocenters. The lowest BCUT2D eigenvalue weighted by Gasteiger charge is -2.11. The van der Waals surface area contributed by atoms with Crippen LogP contribution in [0.5, 0.6) is 5.75 Å². The zero-order valence-corrected chi connectivity index (χ0v) is 12.7. The molecule has 1 heterocycles. The van der Waals surface area contributed by atoms with E-state index in [9.17, 15) is 0 Å². The third-order valence-electron chi connectivity index (χ3n) is 2.30. The molecule has 0 radical (unpaired) electrons. The second-order valence-electron chi connectivity index (χ2n) is 4.32. The summed E-state index contributed by atoms with van der Waals surface area (Å²) in [6.07, 6.45) is 0. The zero-order chi connectivity index (χ0) is 13.3. The smallest absolute Gasteiger partial charge is 0.183 e. The van der Waals surface area contributed by atoms with Crippen molar-refractivity contribution in [3.05, 3.63) is 16.1 Å². The summed E-state index contributed by atoms with van der Waals surface area (Å²) in [6.45, 7) is 4.77. The minimum atomic E-state index is 0.425. The van der Waals surface area contributed by atoms with Crippen molar-refractivity contribution in [1.29, 1.82) is 0 Å². The van der Waals surface area contributed by atoms with Crippen LogP contribution in [0.4, 0.5) is 5.13 Å². The third kappa shape index (κ3) is 2.66. The highest BCUT2D eigenvalue weighted by Crippen LogP contribution is 2.42. The van der Waals surface area contributed by atoms with Crippen molar-refractivity contribution in [2.75, 3.05) is 19.0 Å². The van der Waals surface area contributed by atoms with E-state index in [4.69, 9.17) is 27.9 Å². The Balaban J connectivity index is 2.52. The molecule has 1 aromatic carbocycles. The minimum absolute atomic E-state index is 0.425. The summed E-state index contributed by atoms with van der Waals surface area (Å²) in [4.78, 5) is 4.44. The molecule has 0 fully saturated rings. The molecule has 0 spiro atoms. The van der Waals surface area contributed by atoms with E-state index in [0.717, 1.165) is 15.3 Å². The van der Waals surface area contributed by atoms with E-state index in [1.54, 1.807) is 6.07 Å². The maximum atomic E-state index is 6.18. The molecule has 1 N–H and O–H groups in total. The number of nitrogens with zero attached hydrogens (tertiary/aromatic N) is 1. The molecule has 1 aromatic heterocycles. The highest BCUT2D eigenvalue weighted by atomic mass is 35.5. The van der Waals surface area contributed by atoms with Crippen LogP contribution in [0.2, 0.25) is 10.0 Å². The first-order valence-electron chi connectivity index (χ1n) is 5.62. The number of hydrogen-bond donors (Lipinski definition) is 1. The van der Waals surface area contributed by atoms with Gasteiger partial charge in [0, 0.05) is 7.05 Å². The highest BCUT2D eigenvalue weighted by molar-refractivity contribution is 7.22. The number of hydrogen-bond acceptors (Lipinski definition) is 4. The fourth-order valence-corrected chi connectivity index (χ4v) is 2.93. The van der Waals surface area contributed by atoms with Gasteiger partial charge >= 0.3 is 0 Å². The van der Waals surface area contributed by atoms with Gasteiger partial charge in [-0.1, -0.05) is 48.4 Å². The van der Waals surface area contributed by atoms with E-state index >= 15 is 0 Å². The molecule has 3 nitrogen and oxygen atoms in total. The summed E-state index contributed by atoms with van der Waals surface area (Å²) in [5.74, 6) is 1.04. The van der Waals surface area contributed by atoms with Crippen molar-refractivity contribution in [2.45, 2.75) is 13.8 Å². The van der Waals surface area contributed by atoms with Crippen molar-refractivity contribution in [2.24, 2.45) is 5.92 Å². The van der Waals surface area contributed by atoms with Crippen molar-refractivity contribution in [3.63, 3.8) is 0 Å². The lowest BCUT2D eigenvalue weighted by Crippen LogP contribution is -2.05. The second-order valence-corrected chi connectivity index (χ2v) is 6.13. The lowest BCUT2D eigenvalue weighted by molar-refractivity contribution is 0.274. The van der Waals surface area contributed by atoms with E-state index in [1.807, 2.05) is 7.05 Å². The van der Waals surface area contributed by atoms with Crippen LogP contribution >= 0.6 is 34.5 Å². The number of fused-ring (bicyclic) bond motifs is 1. The topological polar surface area (TPSA) is 34.2 Å². The van der Waals surface area contributed by atoms with E-state index < -0.39 is 0 Å². The van der Waals surface area contributed by atoms with Crippen LogP contribution in [0.15, 0.2) is 6.07 Å². The Labute approximate surface area is 120 Å². The number of ether oxygens (including phenoxy) is 1. The molecule has 0 amide bonds. The van der Waals surface area contributed by atoms with Crippen LogP contribution in [0.25, 0.3) is 10.2 Å². The Morgan fingerprint density at radius 1 is 1.39 bits per heavy atom. The van der Waals surface area contributed by atoms with Gasteiger partial charge in [-0.25, -0.2) is 4.98 Å². The standard InChI is InChI=1S/C12H14Cl2N2OS/c1-6(2)5-17-10-7(13)4-8(14)11-9(10)16-12(15-3)18-11/h4,6H,5H2,1-3H3,(H,15,16). The van der Waals surface area contributed by atoms with Crippen molar-refractivity contribution in [3.8, 4) is 5.75 Å². The van der Waals surface area contributed by atoms with Crippen molar-refractivity contribution in [1.82, 2.24) is 4.98 Å². The first-order chi connectivity index (χ1) is 8.52. The van der Waals surface area contributed by atoms with Crippen LogP contribution in [-0.2, 0) is 0 Å². The summed E-state index contributed by atoms with van der Waals surface area (Å²) >= 11 is 13.8. The molecule has 98 valence electrons. The molecule has 0 saturated carbocycles. The predicted molar refractivity (Wildman–Crippen MR) is 79.5 cm³/mol. The quantitative estimate of drug-likeness (QED) is 0.890. The predicted octanol–water partition coefficient (Wildman–Crippen LogP) is 4.68. The van der Waals surface area contributed by atoms with Crippen molar-refractivity contribution >= 4 is 49.9 Å².